The summed E-state index contributed by atoms with van der Waals surface area (Å²) in [7, 11) is -3.82. The van der Waals surface area contributed by atoms with Crippen molar-refractivity contribution in [1.82, 2.24) is 4.90 Å². The van der Waals surface area contributed by atoms with Crippen molar-refractivity contribution in [2.24, 2.45) is 5.92 Å². The molecule has 0 radical (unpaired) electrons. The number of carbonyl (C=O) groups is 1. The van der Waals surface area contributed by atoms with Crippen LogP contribution >= 0.6 is 0 Å². The Labute approximate surface area is 142 Å². The second kappa shape index (κ2) is 7.97. The highest BCUT2D eigenvalue weighted by Crippen LogP contribution is 2.23. The molecule has 24 heavy (non-hydrogen) atoms. The summed E-state index contributed by atoms with van der Waals surface area (Å²) in [5.41, 5.74) is 0. The van der Waals surface area contributed by atoms with Crippen molar-refractivity contribution in [2.45, 2.75) is 24.7 Å². The fourth-order valence-electron chi connectivity index (χ4n) is 2.58. The molecule has 1 aromatic carbocycles. The summed E-state index contributed by atoms with van der Waals surface area (Å²) < 4.78 is 30.0. The maximum atomic E-state index is 12.5. The van der Waals surface area contributed by atoms with E-state index >= 15 is 0 Å². The molecule has 1 aromatic rings. The summed E-state index contributed by atoms with van der Waals surface area (Å²) in [5.74, 6) is -0.371. The van der Waals surface area contributed by atoms with Crippen LogP contribution in [0.4, 0.5) is 0 Å². The van der Waals surface area contributed by atoms with Crippen LogP contribution in [0.25, 0.3) is 0 Å². The number of carbonyl (C=O) groups excluding carboxylic acids is 1. The fraction of sp³-hybridized carbons (Fsp3) is 0.412. The van der Waals surface area contributed by atoms with E-state index in [2.05, 4.69) is 0 Å². The van der Waals surface area contributed by atoms with Crippen LogP contribution in [0.3, 0.4) is 0 Å². The molecule has 1 heterocycles. The highest BCUT2D eigenvalue weighted by atomic mass is 32.2. The highest BCUT2D eigenvalue weighted by Gasteiger charge is 2.27. The number of rotatable bonds is 5. The molecule has 0 amide bonds. The van der Waals surface area contributed by atoms with E-state index in [1.165, 1.54) is 18.3 Å². The third-order valence-corrected chi connectivity index (χ3v) is 5.57. The fourth-order valence-corrected chi connectivity index (χ4v) is 3.75. The molecule has 0 atom stereocenters. The number of hydrogen-bond donors (Lipinski definition) is 0. The minimum atomic E-state index is -3.82. The van der Waals surface area contributed by atoms with Crippen molar-refractivity contribution < 1.29 is 17.9 Å². The first-order valence-electron chi connectivity index (χ1n) is 7.81. The maximum absolute atomic E-state index is 12.5. The number of allylic oxidation sites excluding steroid dienone is 1. The molecule has 0 aliphatic carbocycles. The summed E-state index contributed by atoms with van der Waals surface area (Å²) in [6.07, 6.45) is 2.54. The van der Waals surface area contributed by atoms with Crippen LogP contribution in [-0.2, 0) is 19.4 Å². The predicted molar refractivity (Wildman–Crippen MR) is 88.3 cm³/mol. The quantitative estimate of drug-likeness (QED) is 0.598. The minimum Gasteiger partial charge on any atom is -0.466 e. The van der Waals surface area contributed by atoms with Gasteiger partial charge in [-0.15, -0.1) is 0 Å². The van der Waals surface area contributed by atoms with Gasteiger partial charge in [-0.2, -0.15) is 5.26 Å². The van der Waals surface area contributed by atoms with Crippen molar-refractivity contribution in [3.05, 3.63) is 41.4 Å². The van der Waals surface area contributed by atoms with Crippen molar-refractivity contribution in [2.75, 3.05) is 19.7 Å². The van der Waals surface area contributed by atoms with E-state index in [0.717, 1.165) is 0 Å². The van der Waals surface area contributed by atoms with Crippen LogP contribution in [0.5, 0.6) is 0 Å². The normalized spacial score (nSPS) is 16.5. The van der Waals surface area contributed by atoms with Crippen LogP contribution in [0.15, 0.2) is 46.3 Å². The lowest BCUT2D eigenvalue weighted by atomic mass is 9.97. The Bertz CT molecular complexity index is 743. The second-order valence-corrected chi connectivity index (χ2v) is 7.40. The Morgan fingerprint density at radius 3 is 2.50 bits per heavy atom. The van der Waals surface area contributed by atoms with Crippen LogP contribution in [0.2, 0.25) is 0 Å². The molecule has 0 bridgehead atoms. The van der Waals surface area contributed by atoms with Gasteiger partial charge < -0.3 is 9.64 Å². The molecule has 0 saturated carbocycles. The van der Waals surface area contributed by atoms with Crippen molar-refractivity contribution in [1.29, 1.82) is 5.26 Å². The third kappa shape index (κ3) is 4.15. The van der Waals surface area contributed by atoms with Gasteiger partial charge in [0.1, 0.15) is 6.07 Å². The van der Waals surface area contributed by atoms with E-state index < -0.39 is 9.84 Å². The maximum Gasteiger partial charge on any atom is 0.309 e. The largest absolute Gasteiger partial charge is 0.466 e. The number of ether oxygens (including phenoxy) is 1. The van der Waals surface area contributed by atoms with Crippen LogP contribution in [0.1, 0.15) is 19.8 Å². The first kappa shape index (κ1) is 18.0. The average Bonchev–Trinajstić information content (AvgIpc) is 2.61. The number of likely N-dealkylation sites (tertiary alicyclic amines) is 1. The molecule has 2 rings (SSSR count). The van der Waals surface area contributed by atoms with E-state index in [1.54, 1.807) is 36.1 Å². The molecule has 128 valence electrons. The lowest BCUT2D eigenvalue weighted by Crippen LogP contribution is -2.34. The highest BCUT2D eigenvalue weighted by molar-refractivity contribution is 7.95. The van der Waals surface area contributed by atoms with Crippen LogP contribution in [-0.4, -0.2) is 39.0 Å². The van der Waals surface area contributed by atoms with E-state index in [1.807, 2.05) is 0 Å². The van der Waals surface area contributed by atoms with Gasteiger partial charge in [-0.3, -0.25) is 4.79 Å². The number of piperidine rings is 1. The minimum absolute atomic E-state index is 0.0965. The smallest absolute Gasteiger partial charge is 0.309 e. The van der Waals surface area contributed by atoms with Gasteiger partial charge in [0.05, 0.1) is 17.4 Å². The van der Waals surface area contributed by atoms with E-state index in [-0.39, 0.29) is 21.7 Å². The molecule has 6 nitrogen and oxygen atoms in total. The van der Waals surface area contributed by atoms with Gasteiger partial charge in [-0.1, -0.05) is 18.2 Å². The van der Waals surface area contributed by atoms with Gasteiger partial charge >= 0.3 is 5.97 Å². The summed E-state index contributed by atoms with van der Waals surface area (Å²) in [4.78, 5) is 13.3. The topological polar surface area (TPSA) is 87.5 Å². The summed E-state index contributed by atoms with van der Waals surface area (Å²) >= 11 is 0. The number of benzene rings is 1. The molecule has 1 aliphatic heterocycles. The SMILES string of the molecule is CCOC(=O)C1CCN(/C=C(\C#N)S(=O)(=O)c2ccccc2)CC1. The first-order valence-corrected chi connectivity index (χ1v) is 9.30. The average molecular weight is 348 g/mol. The third-order valence-electron chi connectivity index (χ3n) is 3.90. The molecule has 1 saturated heterocycles. The molecule has 0 unspecified atom stereocenters. The van der Waals surface area contributed by atoms with Gasteiger partial charge in [0.15, 0.2) is 4.91 Å². The monoisotopic (exact) mass is 348 g/mol. The number of esters is 1. The molecular weight excluding hydrogens is 328 g/mol. The zero-order valence-electron chi connectivity index (χ0n) is 13.5. The summed E-state index contributed by atoms with van der Waals surface area (Å²) in [6, 6.07) is 9.67. The van der Waals surface area contributed by atoms with Crippen LogP contribution in [0, 0.1) is 17.2 Å². The molecular formula is C17H20N2O4S. The van der Waals surface area contributed by atoms with Gasteiger partial charge in [0.25, 0.3) is 0 Å². The van der Waals surface area contributed by atoms with Gasteiger partial charge in [-0.05, 0) is 31.9 Å². The van der Waals surface area contributed by atoms with Crippen molar-refractivity contribution in [3.8, 4) is 6.07 Å². The first-order chi connectivity index (χ1) is 11.5. The van der Waals surface area contributed by atoms with E-state index in [9.17, 15) is 18.5 Å². The Kier molecular flexibility index (Phi) is 5.99. The molecule has 0 aromatic heterocycles. The predicted octanol–water partition coefficient (Wildman–Crippen LogP) is 2.10. The molecule has 1 fully saturated rings. The number of nitrogens with zero attached hydrogens (tertiary/aromatic N) is 2. The number of sulfone groups is 1. The molecule has 0 spiro atoms. The van der Waals surface area contributed by atoms with Gasteiger partial charge in [-0.25, -0.2) is 8.42 Å². The van der Waals surface area contributed by atoms with Gasteiger partial charge in [0.2, 0.25) is 9.84 Å². The Morgan fingerprint density at radius 1 is 1.33 bits per heavy atom. The Morgan fingerprint density at radius 2 is 1.96 bits per heavy atom. The van der Waals surface area contributed by atoms with Crippen LogP contribution < -0.4 is 0 Å². The second-order valence-electron chi connectivity index (χ2n) is 5.48. The lowest BCUT2D eigenvalue weighted by molar-refractivity contribution is -0.149. The molecule has 0 N–H and O–H groups in total. The van der Waals surface area contributed by atoms with Crippen molar-refractivity contribution >= 4 is 15.8 Å². The standard InChI is InChI=1S/C17H20N2O4S/c1-2-23-17(20)14-8-10-19(11-9-14)13-16(12-18)24(21,22)15-6-4-3-5-7-15/h3-7,13-14H,2,8-11H2,1H3/b16-13+. The Balaban J connectivity index is 2.10. The number of nitriles is 1. The summed E-state index contributed by atoms with van der Waals surface area (Å²) in [5, 5.41) is 9.27. The number of hydrogen-bond acceptors (Lipinski definition) is 6. The van der Waals surface area contributed by atoms with Gasteiger partial charge in [0, 0.05) is 19.3 Å². The molecule has 1 aliphatic rings. The lowest BCUT2D eigenvalue weighted by Gasteiger charge is -2.30. The summed E-state index contributed by atoms with van der Waals surface area (Å²) in [6.45, 7) is 3.15. The zero-order chi connectivity index (χ0) is 17.6. The molecule has 7 heteroatoms. The van der Waals surface area contributed by atoms with Crippen molar-refractivity contribution in [3.63, 3.8) is 0 Å². The zero-order valence-corrected chi connectivity index (χ0v) is 14.3. The Hall–Kier alpha value is -2.33. The van der Waals surface area contributed by atoms with E-state index in [0.29, 0.717) is 32.5 Å². The van der Waals surface area contributed by atoms with E-state index in [4.69, 9.17) is 4.74 Å².